The molecule has 138 valence electrons. The Hall–Kier alpha value is -0.0900. The predicted octanol–water partition coefficient (Wildman–Crippen LogP) is 4.87. The van der Waals surface area contributed by atoms with Crippen LogP contribution in [-0.2, 0) is 9.84 Å². The summed E-state index contributed by atoms with van der Waals surface area (Å²) < 4.78 is 23.2. The highest BCUT2D eigenvalue weighted by molar-refractivity contribution is 7.91. The van der Waals surface area contributed by atoms with Gasteiger partial charge in [-0.15, -0.1) is 0 Å². The number of aliphatic hydroxyl groups excluding tert-OH is 1. The van der Waals surface area contributed by atoms with Gasteiger partial charge >= 0.3 is 0 Å². The van der Waals surface area contributed by atoms with Crippen molar-refractivity contribution in [3.8, 4) is 0 Å². The van der Waals surface area contributed by atoms with Crippen LogP contribution < -0.4 is 0 Å². The van der Waals surface area contributed by atoms with Crippen molar-refractivity contribution in [2.75, 3.05) is 18.1 Å². The summed E-state index contributed by atoms with van der Waals surface area (Å²) in [6.45, 7) is -0.0280. The summed E-state index contributed by atoms with van der Waals surface area (Å²) >= 11 is 0. The van der Waals surface area contributed by atoms with E-state index in [0.29, 0.717) is 12.2 Å². The highest BCUT2D eigenvalue weighted by atomic mass is 32.2. The van der Waals surface area contributed by atoms with Crippen LogP contribution in [0.4, 0.5) is 0 Å². The van der Waals surface area contributed by atoms with Crippen molar-refractivity contribution < 1.29 is 13.5 Å². The molecule has 1 N–H and O–H groups in total. The molecule has 0 unspecified atom stereocenters. The van der Waals surface area contributed by atoms with Gasteiger partial charge in [-0.2, -0.15) is 0 Å². The first-order valence-electron chi connectivity index (χ1n) is 9.95. The second kappa shape index (κ2) is 13.2. The zero-order valence-corrected chi connectivity index (χ0v) is 15.8. The Morgan fingerprint density at radius 2 is 1.17 bits per heavy atom. The van der Waals surface area contributed by atoms with Crippen LogP contribution in [0.2, 0.25) is 0 Å². The third-order valence-electron chi connectivity index (χ3n) is 5.16. The molecular formula is C19H38O3S. The maximum Gasteiger partial charge on any atom is 0.150 e. The number of aliphatic hydroxyl groups is 1. The molecule has 0 saturated heterocycles. The minimum absolute atomic E-state index is 0.0280. The summed E-state index contributed by atoms with van der Waals surface area (Å²) in [6.07, 6.45) is 18.8. The van der Waals surface area contributed by atoms with E-state index in [1.165, 1.54) is 70.6 Å². The summed E-state index contributed by atoms with van der Waals surface area (Å²) in [6, 6.07) is 0. The van der Waals surface area contributed by atoms with E-state index in [2.05, 4.69) is 0 Å². The highest BCUT2D eigenvalue weighted by Gasteiger charge is 2.15. The number of sulfone groups is 1. The summed E-state index contributed by atoms with van der Waals surface area (Å²) in [7, 11) is -2.92. The van der Waals surface area contributed by atoms with E-state index in [1.807, 2.05) is 0 Å². The SMILES string of the molecule is O=S(=O)(CCCO)CCCCCCCCCCCCC1CCC1. The van der Waals surface area contributed by atoms with E-state index in [0.717, 1.165) is 25.2 Å². The van der Waals surface area contributed by atoms with Crippen molar-refractivity contribution in [3.63, 3.8) is 0 Å². The lowest BCUT2D eigenvalue weighted by Gasteiger charge is -2.24. The van der Waals surface area contributed by atoms with Crippen molar-refractivity contribution in [3.05, 3.63) is 0 Å². The summed E-state index contributed by atoms with van der Waals surface area (Å²) in [5, 5.41) is 8.66. The minimum Gasteiger partial charge on any atom is -0.396 e. The van der Waals surface area contributed by atoms with Crippen LogP contribution in [-0.4, -0.2) is 31.6 Å². The van der Waals surface area contributed by atoms with Gasteiger partial charge in [0.25, 0.3) is 0 Å². The second-order valence-corrected chi connectivity index (χ2v) is 9.65. The molecule has 0 amide bonds. The standard InChI is InChI=1S/C19H38O3S/c20-16-12-18-23(21,22)17-10-8-6-4-2-1-3-5-7-9-13-19-14-11-15-19/h19-20H,1-18H2. The molecule has 0 heterocycles. The van der Waals surface area contributed by atoms with Crippen LogP contribution in [0.1, 0.15) is 96.3 Å². The molecule has 0 aliphatic heterocycles. The number of hydrogen-bond acceptors (Lipinski definition) is 3. The molecule has 0 bridgehead atoms. The van der Waals surface area contributed by atoms with Crippen LogP contribution in [0, 0.1) is 5.92 Å². The summed E-state index contributed by atoms with van der Waals surface area (Å²) in [4.78, 5) is 0. The highest BCUT2D eigenvalue weighted by Crippen LogP contribution is 2.31. The molecule has 3 nitrogen and oxygen atoms in total. The molecule has 0 aromatic carbocycles. The van der Waals surface area contributed by atoms with Crippen molar-refractivity contribution in [1.82, 2.24) is 0 Å². The van der Waals surface area contributed by atoms with Crippen molar-refractivity contribution in [2.24, 2.45) is 5.92 Å². The van der Waals surface area contributed by atoms with Gasteiger partial charge in [-0.3, -0.25) is 0 Å². The van der Waals surface area contributed by atoms with Gasteiger partial charge in [0.15, 0.2) is 0 Å². The average molecular weight is 347 g/mol. The first-order chi connectivity index (χ1) is 11.1. The maximum atomic E-state index is 11.6. The molecule has 0 aromatic heterocycles. The lowest BCUT2D eigenvalue weighted by atomic mass is 9.81. The lowest BCUT2D eigenvalue weighted by molar-refractivity contribution is 0.286. The van der Waals surface area contributed by atoms with E-state index >= 15 is 0 Å². The van der Waals surface area contributed by atoms with E-state index in [4.69, 9.17) is 5.11 Å². The van der Waals surface area contributed by atoms with Gasteiger partial charge < -0.3 is 5.11 Å². The first kappa shape index (κ1) is 21.0. The number of hydrogen-bond donors (Lipinski definition) is 1. The van der Waals surface area contributed by atoms with Crippen LogP contribution in [0.5, 0.6) is 0 Å². The molecule has 1 fully saturated rings. The van der Waals surface area contributed by atoms with Crippen LogP contribution >= 0.6 is 0 Å². The Bertz CT molecular complexity index is 361. The zero-order valence-electron chi connectivity index (χ0n) is 15.0. The van der Waals surface area contributed by atoms with Gasteiger partial charge in [-0.1, -0.05) is 83.5 Å². The molecule has 0 atom stereocenters. The Morgan fingerprint density at radius 3 is 1.65 bits per heavy atom. The van der Waals surface area contributed by atoms with Gasteiger partial charge in [0.1, 0.15) is 9.84 Å². The fraction of sp³-hybridized carbons (Fsp3) is 1.00. The first-order valence-corrected chi connectivity index (χ1v) is 11.8. The van der Waals surface area contributed by atoms with Gasteiger partial charge in [-0.05, 0) is 18.8 Å². The normalized spacial score (nSPS) is 15.7. The van der Waals surface area contributed by atoms with Crippen molar-refractivity contribution in [1.29, 1.82) is 0 Å². The van der Waals surface area contributed by atoms with Gasteiger partial charge in [0.2, 0.25) is 0 Å². The Morgan fingerprint density at radius 1 is 0.696 bits per heavy atom. The van der Waals surface area contributed by atoms with Crippen LogP contribution in [0.25, 0.3) is 0 Å². The summed E-state index contributed by atoms with van der Waals surface area (Å²) in [5.74, 6) is 1.51. The van der Waals surface area contributed by atoms with Gasteiger partial charge in [-0.25, -0.2) is 8.42 Å². The van der Waals surface area contributed by atoms with Crippen molar-refractivity contribution in [2.45, 2.75) is 96.3 Å². The van der Waals surface area contributed by atoms with Gasteiger partial charge in [0.05, 0.1) is 11.5 Å². The molecule has 1 aliphatic carbocycles. The molecule has 1 rings (SSSR count). The Balaban J connectivity index is 1.75. The minimum atomic E-state index is -2.92. The van der Waals surface area contributed by atoms with Gasteiger partial charge in [0, 0.05) is 6.61 Å². The van der Waals surface area contributed by atoms with E-state index in [9.17, 15) is 8.42 Å². The van der Waals surface area contributed by atoms with Crippen LogP contribution in [0.3, 0.4) is 0 Å². The Kier molecular flexibility index (Phi) is 12.1. The molecule has 0 aromatic rings. The number of rotatable bonds is 16. The quantitative estimate of drug-likeness (QED) is 0.405. The third-order valence-corrected chi connectivity index (χ3v) is 6.98. The van der Waals surface area contributed by atoms with E-state index in [-0.39, 0.29) is 12.4 Å². The number of unbranched alkanes of at least 4 members (excludes halogenated alkanes) is 9. The molecular weight excluding hydrogens is 308 g/mol. The molecule has 0 spiro atoms. The lowest BCUT2D eigenvalue weighted by Crippen LogP contribution is -2.12. The molecule has 4 heteroatoms. The third kappa shape index (κ3) is 12.0. The Labute approximate surface area is 144 Å². The van der Waals surface area contributed by atoms with Crippen molar-refractivity contribution >= 4 is 9.84 Å². The van der Waals surface area contributed by atoms with E-state index in [1.54, 1.807) is 0 Å². The smallest absolute Gasteiger partial charge is 0.150 e. The fourth-order valence-electron chi connectivity index (χ4n) is 3.34. The molecule has 0 radical (unpaired) electrons. The van der Waals surface area contributed by atoms with Crippen LogP contribution in [0.15, 0.2) is 0 Å². The monoisotopic (exact) mass is 346 g/mol. The maximum absolute atomic E-state index is 11.6. The summed E-state index contributed by atoms with van der Waals surface area (Å²) in [5.41, 5.74) is 0. The molecule has 23 heavy (non-hydrogen) atoms. The second-order valence-electron chi connectivity index (χ2n) is 7.35. The average Bonchev–Trinajstić information content (AvgIpc) is 2.48. The zero-order chi connectivity index (χ0) is 16.8. The fourth-order valence-corrected chi connectivity index (χ4v) is 4.75. The predicted molar refractivity (Wildman–Crippen MR) is 98.5 cm³/mol. The molecule has 1 aliphatic rings. The topological polar surface area (TPSA) is 54.4 Å². The largest absolute Gasteiger partial charge is 0.396 e. The molecule has 1 saturated carbocycles. The van der Waals surface area contributed by atoms with E-state index < -0.39 is 9.84 Å².